The molecule has 0 spiro atoms. The second-order valence-electron chi connectivity index (χ2n) is 5.58. The molecular formula is C16H21BrClFO2. The summed E-state index contributed by atoms with van der Waals surface area (Å²) in [7, 11) is 0. The highest BCUT2D eigenvalue weighted by molar-refractivity contribution is 9.10. The molecule has 0 saturated heterocycles. The number of rotatable bonds is 4. The lowest BCUT2D eigenvalue weighted by Gasteiger charge is -2.37. The zero-order chi connectivity index (χ0) is 15.5. The number of hydrogen-bond acceptors (Lipinski definition) is 2. The Labute approximate surface area is 138 Å². The molecule has 1 saturated carbocycles. The van der Waals surface area contributed by atoms with Crippen LogP contribution in [-0.2, 0) is 4.74 Å². The summed E-state index contributed by atoms with van der Waals surface area (Å²) in [5.41, 5.74) is -0.484. The van der Waals surface area contributed by atoms with E-state index in [0.717, 1.165) is 38.5 Å². The fraction of sp³-hybridized carbons (Fsp3) is 0.625. The van der Waals surface area contributed by atoms with Crippen LogP contribution in [-0.4, -0.2) is 17.3 Å². The van der Waals surface area contributed by atoms with E-state index in [1.54, 1.807) is 12.1 Å². The highest BCUT2D eigenvalue weighted by Crippen LogP contribution is 2.42. The molecular weight excluding hydrogens is 359 g/mol. The maximum Gasteiger partial charge on any atom is 0.148 e. The van der Waals surface area contributed by atoms with Crippen LogP contribution in [0.2, 0.25) is 5.02 Å². The quantitative estimate of drug-likeness (QED) is 0.560. The van der Waals surface area contributed by atoms with Crippen molar-refractivity contribution in [1.29, 1.82) is 0 Å². The highest BCUT2D eigenvalue weighted by atomic mass is 79.9. The third-order valence-corrected chi connectivity index (χ3v) is 5.50. The summed E-state index contributed by atoms with van der Waals surface area (Å²) in [5.74, 6) is -0.568. The van der Waals surface area contributed by atoms with Crippen molar-refractivity contribution in [3.05, 3.63) is 33.0 Å². The molecule has 0 heterocycles. The van der Waals surface area contributed by atoms with Crippen molar-refractivity contribution in [1.82, 2.24) is 0 Å². The molecule has 1 aromatic rings. The molecule has 1 aromatic carbocycles. The van der Waals surface area contributed by atoms with Crippen LogP contribution in [0, 0.1) is 5.82 Å². The molecule has 1 unspecified atom stereocenters. The molecule has 1 atom stereocenters. The smallest absolute Gasteiger partial charge is 0.148 e. The van der Waals surface area contributed by atoms with Gasteiger partial charge in [0.1, 0.15) is 11.9 Å². The molecule has 1 fully saturated rings. The van der Waals surface area contributed by atoms with E-state index in [2.05, 4.69) is 15.9 Å². The minimum Gasteiger partial charge on any atom is -0.385 e. The predicted octanol–water partition coefficient (Wildman–Crippen LogP) is 5.40. The predicted molar refractivity (Wildman–Crippen MR) is 86.1 cm³/mol. The van der Waals surface area contributed by atoms with Crippen molar-refractivity contribution in [2.24, 2.45) is 0 Å². The van der Waals surface area contributed by atoms with Gasteiger partial charge < -0.3 is 9.84 Å². The highest BCUT2D eigenvalue weighted by Gasteiger charge is 2.41. The molecule has 118 valence electrons. The topological polar surface area (TPSA) is 29.5 Å². The fourth-order valence-corrected chi connectivity index (χ4v) is 3.62. The molecule has 0 aliphatic heterocycles. The van der Waals surface area contributed by atoms with Crippen LogP contribution in [0.15, 0.2) is 16.6 Å². The molecule has 1 N–H and O–H groups in total. The van der Waals surface area contributed by atoms with E-state index >= 15 is 0 Å². The maximum absolute atomic E-state index is 14.4. The normalized spacial score (nSPS) is 20.0. The van der Waals surface area contributed by atoms with Gasteiger partial charge in [0.15, 0.2) is 0 Å². The lowest BCUT2D eigenvalue weighted by atomic mass is 9.84. The van der Waals surface area contributed by atoms with Crippen molar-refractivity contribution in [3.63, 3.8) is 0 Å². The van der Waals surface area contributed by atoms with Crippen molar-refractivity contribution >= 4 is 27.5 Å². The Hall–Kier alpha value is -0.160. The van der Waals surface area contributed by atoms with Crippen molar-refractivity contribution in [3.8, 4) is 0 Å². The first-order valence-corrected chi connectivity index (χ1v) is 8.64. The Morgan fingerprint density at radius 3 is 2.52 bits per heavy atom. The first kappa shape index (κ1) is 17.2. The van der Waals surface area contributed by atoms with Gasteiger partial charge in [-0.25, -0.2) is 4.39 Å². The number of aliphatic hydroxyl groups is 1. The minimum atomic E-state index is -0.999. The number of halogens is 3. The van der Waals surface area contributed by atoms with Gasteiger partial charge in [0.25, 0.3) is 0 Å². The molecule has 21 heavy (non-hydrogen) atoms. The van der Waals surface area contributed by atoms with Crippen molar-refractivity contribution in [2.45, 2.75) is 57.2 Å². The molecule has 0 amide bonds. The van der Waals surface area contributed by atoms with Crippen LogP contribution in [0.5, 0.6) is 0 Å². The van der Waals surface area contributed by atoms with Crippen LogP contribution in [0.4, 0.5) is 4.39 Å². The average molecular weight is 380 g/mol. The average Bonchev–Trinajstić information content (AvgIpc) is 2.71. The van der Waals surface area contributed by atoms with Crippen LogP contribution in [0.25, 0.3) is 0 Å². The summed E-state index contributed by atoms with van der Waals surface area (Å²) in [5, 5.41) is 10.8. The van der Waals surface area contributed by atoms with E-state index in [1.807, 2.05) is 6.92 Å². The SMILES string of the molecule is CCOC1(C(O)c2ccc(Br)c(Cl)c2F)CCCCCC1. The standard InChI is InChI=1S/C16H21BrClFO2/c1-2-21-16(9-5-3-4-6-10-16)15(20)11-7-8-12(17)13(18)14(11)19/h7-8,15,20H,2-6,9-10H2,1H3. The summed E-state index contributed by atoms with van der Waals surface area (Å²) < 4.78 is 20.8. The Kier molecular flexibility index (Phi) is 6.06. The number of ether oxygens (including phenoxy) is 1. The van der Waals surface area contributed by atoms with Gasteiger partial charge in [0.2, 0.25) is 0 Å². The Balaban J connectivity index is 2.38. The molecule has 0 aromatic heterocycles. The van der Waals surface area contributed by atoms with Crippen LogP contribution in [0.1, 0.15) is 57.1 Å². The molecule has 2 rings (SSSR count). The van der Waals surface area contributed by atoms with Gasteiger partial charge in [0, 0.05) is 16.6 Å². The van der Waals surface area contributed by atoms with E-state index < -0.39 is 17.5 Å². The molecule has 2 nitrogen and oxygen atoms in total. The number of benzene rings is 1. The molecule has 5 heteroatoms. The summed E-state index contributed by atoms with van der Waals surface area (Å²) in [6.45, 7) is 2.41. The van der Waals surface area contributed by atoms with Gasteiger partial charge in [-0.1, -0.05) is 43.4 Å². The van der Waals surface area contributed by atoms with Gasteiger partial charge in [-0.3, -0.25) is 0 Å². The Bertz CT molecular complexity index is 487. The molecule has 0 bridgehead atoms. The maximum atomic E-state index is 14.4. The zero-order valence-corrected chi connectivity index (χ0v) is 14.5. The van der Waals surface area contributed by atoms with E-state index in [0.29, 0.717) is 11.1 Å². The van der Waals surface area contributed by atoms with E-state index in [1.165, 1.54) is 0 Å². The summed E-state index contributed by atoms with van der Waals surface area (Å²) >= 11 is 9.14. The lowest BCUT2D eigenvalue weighted by Crippen LogP contribution is -2.39. The van der Waals surface area contributed by atoms with Gasteiger partial charge >= 0.3 is 0 Å². The number of hydrogen-bond donors (Lipinski definition) is 1. The van der Waals surface area contributed by atoms with Gasteiger partial charge in [0.05, 0.1) is 10.6 Å². The van der Waals surface area contributed by atoms with E-state index in [-0.39, 0.29) is 10.6 Å². The third kappa shape index (κ3) is 3.61. The summed E-state index contributed by atoms with van der Waals surface area (Å²) in [6, 6.07) is 3.25. The Morgan fingerprint density at radius 1 is 1.33 bits per heavy atom. The van der Waals surface area contributed by atoms with Crippen LogP contribution >= 0.6 is 27.5 Å². The van der Waals surface area contributed by atoms with Gasteiger partial charge in [-0.05, 0) is 41.8 Å². The van der Waals surface area contributed by atoms with Crippen molar-refractivity contribution in [2.75, 3.05) is 6.61 Å². The second-order valence-corrected chi connectivity index (χ2v) is 6.81. The zero-order valence-electron chi connectivity index (χ0n) is 12.2. The van der Waals surface area contributed by atoms with Gasteiger partial charge in [-0.2, -0.15) is 0 Å². The summed E-state index contributed by atoms with van der Waals surface area (Å²) in [4.78, 5) is 0. The van der Waals surface area contributed by atoms with E-state index in [9.17, 15) is 9.50 Å². The monoisotopic (exact) mass is 378 g/mol. The minimum absolute atomic E-state index is 0.00632. The molecule has 1 aliphatic carbocycles. The van der Waals surface area contributed by atoms with Crippen LogP contribution < -0.4 is 0 Å². The Morgan fingerprint density at radius 2 is 1.95 bits per heavy atom. The van der Waals surface area contributed by atoms with E-state index in [4.69, 9.17) is 16.3 Å². The first-order chi connectivity index (χ1) is 10.0. The first-order valence-electron chi connectivity index (χ1n) is 7.47. The number of aliphatic hydroxyl groups excluding tert-OH is 1. The summed E-state index contributed by atoms with van der Waals surface area (Å²) in [6.07, 6.45) is 4.73. The third-order valence-electron chi connectivity index (χ3n) is 4.24. The fourth-order valence-electron chi connectivity index (χ4n) is 3.15. The largest absolute Gasteiger partial charge is 0.385 e. The van der Waals surface area contributed by atoms with Gasteiger partial charge in [-0.15, -0.1) is 0 Å². The second kappa shape index (κ2) is 7.40. The molecule has 0 radical (unpaired) electrons. The lowest BCUT2D eigenvalue weighted by molar-refractivity contribution is -0.132. The molecule has 1 aliphatic rings. The van der Waals surface area contributed by atoms with Crippen molar-refractivity contribution < 1.29 is 14.2 Å². The van der Waals surface area contributed by atoms with Crippen LogP contribution in [0.3, 0.4) is 0 Å².